The number of aromatic nitrogens is 2. The van der Waals surface area contributed by atoms with Crippen LogP contribution in [0.15, 0.2) is 18.2 Å². The lowest BCUT2D eigenvalue weighted by atomic mass is 10.0. The normalized spacial score (nSPS) is 20.8. The van der Waals surface area contributed by atoms with Crippen LogP contribution in [0.2, 0.25) is 0 Å². The van der Waals surface area contributed by atoms with Gasteiger partial charge in [0.15, 0.2) is 0 Å². The number of alkyl halides is 3. The van der Waals surface area contributed by atoms with Crippen molar-refractivity contribution in [2.45, 2.75) is 44.6 Å². The van der Waals surface area contributed by atoms with Crippen molar-refractivity contribution in [3.63, 3.8) is 0 Å². The first-order valence-corrected chi connectivity index (χ1v) is 10.2. The van der Waals surface area contributed by atoms with Gasteiger partial charge in [-0.05, 0) is 39.0 Å². The Balaban J connectivity index is 1.96. The summed E-state index contributed by atoms with van der Waals surface area (Å²) in [5.41, 5.74) is -3.02. The summed E-state index contributed by atoms with van der Waals surface area (Å²) >= 11 is 1.00. The summed E-state index contributed by atoms with van der Waals surface area (Å²) in [5, 5.41) is 27.0. The Morgan fingerprint density at radius 1 is 1.32 bits per heavy atom. The number of hydrogen-bond donors (Lipinski definition) is 2. The van der Waals surface area contributed by atoms with Crippen LogP contribution in [0.5, 0.6) is 5.75 Å². The number of halogens is 3. The predicted molar refractivity (Wildman–Crippen MR) is 105 cm³/mol. The van der Waals surface area contributed by atoms with E-state index < -0.39 is 29.1 Å². The van der Waals surface area contributed by atoms with Crippen LogP contribution < -0.4 is 4.74 Å². The van der Waals surface area contributed by atoms with Gasteiger partial charge >= 0.3 is 12.3 Å². The van der Waals surface area contributed by atoms with E-state index in [0.29, 0.717) is 5.01 Å². The number of rotatable bonds is 6. The van der Waals surface area contributed by atoms with E-state index in [4.69, 9.17) is 14.6 Å². The molecular weight excluding hydrogens is 439 g/mol. The number of amides is 1. The van der Waals surface area contributed by atoms with Gasteiger partial charge in [0.1, 0.15) is 27.0 Å². The van der Waals surface area contributed by atoms with Gasteiger partial charge in [0.2, 0.25) is 0 Å². The number of carbonyl (C=O) groups is 1. The van der Waals surface area contributed by atoms with Crippen LogP contribution in [-0.2, 0) is 16.5 Å². The Morgan fingerprint density at radius 3 is 2.65 bits per heavy atom. The quantitative estimate of drug-likeness (QED) is 0.628. The molecule has 2 aromatic rings. The Hall–Kier alpha value is -2.44. The molecule has 1 aromatic heterocycles. The summed E-state index contributed by atoms with van der Waals surface area (Å²) in [5.74, 6) is -0.343. The van der Waals surface area contributed by atoms with E-state index >= 15 is 0 Å². The second kappa shape index (κ2) is 8.24. The molecule has 1 aliphatic heterocycles. The van der Waals surface area contributed by atoms with Gasteiger partial charge in [-0.2, -0.15) is 13.2 Å². The molecule has 12 heteroatoms. The molecule has 1 aliphatic rings. The average molecular weight is 461 g/mol. The van der Waals surface area contributed by atoms with E-state index in [1.807, 2.05) is 0 Å². The molecule has 1 fully saturated rings. The SMILES string of the molecule is CC1(C)OCC(C)(c2nnc(-c3ccc(OCCCO)c(C(F)(F)F)c3)s2)N1C(=O)O. The van der Waals surface area contributed by atoms with Crippen LogP contribution in [0.4, 0.5) is 18.0 Å². The maximum absolute atomic E-state index is 13.5. The van der Waals surface area contributed by atoms with Gasteiger partial charge in [0, 0.05) is 18.6 Å². The molecule has 3 rings (SSSR count). The number of hydrogen-bond acceptors (Lipinski definition) is 7. The van der Waals surface area contributed by atoms with Gasteiger partial charge in [0.25, 0.3) is 0 Å². The van der Waals surface area contributed by atoms with Crippen molar-refractivity contribution >= 4 is 17.4 Å². The van der Waals surface area contributed by atoms with Gasteiger partial charge in [-0.1, -0.05) is 11.3 Å². The number of aliphatic hydroxyl groups excluding tert-OH is 1. The Bertz CT molecular complexity index is 966. The summed E-state index contributed by atoms with van der Waals surface area (Å²) in [7, 11) is 0. The molecule has 1 amide bonds. The highest BCUT2D eigenvalue weighted by atomic mass is 32.1. The molecule has 1 unspecified atom stereocenters. The molecule has 0 saturated carbocycles. The maximum atomic E-state index is 13.5. The van der Waals surface area contributed by atoms with Crippen molar-refractivity contribution in [2.75, 3.05) is 19.8 Å². The van der Waals surface area contributed by atoms with E-state index in [1.54, 1.807) is 20.8 Å². The lowest BCUT2D eigenvalue weighted by Crippen LogP contribution is -2.51. The highest BCUT2D eigenvalue weighted by Gasteiger charge is 2.54. The van der Waals surface area contributed by atoms with E-state index in [2.05, 4.69) is 10.2 Å². The zero-order valence-electron chi connectivity index (χ0n) is 17.1. The standard InChI is InChI=1S/C19H22F3N3O5S/c1-17(2)25(16(27)28)18(3,10-30-17)15-24-23-14(31-15)11-5-6-13(29-8-4-7-26)12(9-11)19(20,21)22/h5-6,9,26H,4,7-8,10H2,1-3H3,(H,27,28). The van der Waals surface area contributed by atoms with Crippen molar-refractivity contribution in [1.29, 1.82) is 0 Å². The topological polar surface area (TPSA) is 105 Å². The van der Waals surface area contributed by atoms with Crippen molar-refractivity contribution in [3.05, 3.63) is 28.8 Å². The van der Waals surface area contributed by atoms with Crippen LogP contribution in [0.25, 0.3) is 10.6 Å². The molecule has 1 atom stereocenters. The zero-order valence-corrected chi connectivity index (χ0v) is 17.9. The van der Waals surface area contributed by atoms with E-state index in [-0.39, 0.29) is 42.6 Å². The first kappa shape index (κ1) is 23.2. The molecule has 0 bridgehead atoms. The number of benzene rings is 1. The van der Waals surface area contributed by atoms with Crippen LogP contribution in [0.3, 0.4) is 0 Å². The number of ether oxygens (including phenoxy) is 2. The Morgan fingerprint density at radius 2 is 2.03 bits per heavy atom. The second-order valence-electron chi connectivity index (χ2n) is 7.67. The molecule has 1 saturated heterocycles. The Labute approximate surface area is 180 Å². The molecule has 1 aromatic carbocycles. The van der Waals surface area contributed by atoms with Gasteiger partial charge in [-0.15, -0.1) is 10.2 Å². The molecule has 2 heterocycles. The first-order valence-electron chi connectivity index (χ1n) is 9.36. The third kappa shape index (κ3) is 4.46. The third-order valence-electron chi connectivity index (χ3n) is 4.91. The van der Waals surface area contributed by atoms with Crippen molar-refractivity contribution in [2.24, 2.45) is 0 Å². The smallest absolute Gasteiger partial charge is 0.419 e. The van der Waals surface area contributed by atoms with Crippen molar-refractivity contribution < 1.29 is 37.7 Å². The molecule has 170 valence electrons. The summed E-state index contributed by atoms with van der Waals surface area (Å²) < 4.78 is 51.4. The predicted octanol–water partition coefficient (Wildman–Crippen LogP) is 3.95. The minimum absolute atomic E-state index is 0.0341. The summed E-state index contributed by atoms with van der Waals surface area (Å²) in [6.45, 7) is 4.64. The fourth-order valence-electron chi connectivity index (χ4n) is 3.45. The minimum Gasteiger partial charge on any atom is -0.493 e. The summed E-state index contributed by atoms with van der Waals surface area (Å²) in [4.78, 5) is 13.0. The number of carboxylic acid groups (broad SMARTS) is 1. The lowest BCUT2D eigenvalue weighted by molar-refractivity contribution is -0.138. The third-order valence-corrected chi connectivity index (χ3v) is 6.13. The zero-order chi connectivity index (χ0) is 23.0. The van der Waals surface area contributed by atoms with E-state index in [9.17, 15) is 23.1 Å². The average Bonchev–Trinajstić information content (AvgIpc) is 3.25. The number of nitrogens with zero attached hydrogens (tertiary/aromatic N) is 3. The van der Waals surface area contributed by atoms with Crippen LogP contribution in [0, 0.1) is 0 Å². The molecule has 2 N–H and O–H groups in total. The largest absolute Gasteiger partial charge is 0.493 e. The molecule has 0 spiro atoms. The lowest BCUT2D eigenvalue weighted by Gasteiger charge is -2.35. The summed E-state index contributed by atoms with van der Waals surface area (Å²) in [6.07, 6.45) is -5.66. The van der Waals surface area contributed by atoms with E-state index in [0.717, 1.165) is 22.3 Å². The van der Waals surface area contributed by atoms with Gasteiger partial charge in [0.05, 0.1) is 18.8 Å². The first-order chi connectivity index (χ1) is 14.4. The maximum Gasteiger partial charge on any atom is 0.419 e. The molecule has 31 heavy (non-hydrogen) atoms. The van der Waals surface area contributed by atoms with Crippen LogP contribution in [-0.4, -0.2) is 56.9 Å². The van der Waals surface area contributed by atoms with E-state index in [1.165, 1.54) is 12.1 Å². The molecule has 0 aliphatic carbocycles. The fraction of sp³-hybridized carbons (Fsp3) is 0.526. The van der Waals surface area contributed by atoms with Crippen LogP contribution in [0.1, 0.15) is 37.8 Å². The number of aliphatic hydroxyl groups is 1. The Kier molecular flexibility index (Phi) is 6.18. The molecule has 0 radical (unpaired) electrons. The van der Waals surface area contributed by atoms with Gasteiger partial charge < -0.3 is 19.7 Å². The second-order valence-corrected chi connectivity index (χ2v) is 8.65. The van der Waals surface area contributed by atoms with Crippen molar-refractivity contribution in [3.8, 4) is 16.3 Å². The van der Waals surface area contributed by atoms with Crippen LogP contribution >= 0.6 is 11.3 Å². The van der Waals surface area contributed by atoms with Crippen molar-refractivity contribution in [1.82, 2.24) is 15.1 Å². The molecular formula is C19H22F3N3O5S. The highest BCUT2D eigenvalue weighted by Crippen LogP contribution is 2.45. The molecule has 8 nitrogen and oxygen atoms in total. The fourth-order valence-corrected chi connectivity index (χ4v) is 4.42. The minimum atomic E-state index is -4.66. The highest BCUT2D eigenvalue weighted by molar-refractivity contribution is 7.14. The summed E-state index contributed by atoms with van der Waals surface area (Å²) in [6, 6.07) is 3.55. The monoisotopic (exact) mass is 461 g/mol. The van der Waals surface area contributed by atoms with Gasteiger partial charge in [-0.25, -0.2) is 4.79 Å². The van der Waals surface area contributed by atoms with Gasteiger partial charge in [-0.3, -0.25) is 4.90 Å².